The maximum atomic E-state index is 13.6. The van der Waals surface area contributed by atoms with Crippen LogP contribution in [0.3, 0.4) is 0 Å². The topological polar surface area (TPSA) is 79.8 Å². The molecule has 0 aliphatic carbocycles. The van der Waals surface area contributed by atoms with Crippen LogP contribution in [-0.4, -0.2) is 46.9 Å². The summed E-state index contributed by atoms with van der Waals surface area (Å²) in [5.74, 6) is 0.0966. The van der Waals surface area contributed by atoms with Gasteiger partial charge >= 0.3 is 0 Å². The van der Waals surface area contributed by atoms with E-state index >= 15 is 0 Å². The Morgan fingerprint density at radius 3 is 2.56 bits per heavy atom. The van der Waals surface area contributed by atoms with E-state index in [1.165, 1.54) is 18.2 Å². The molecule has 6 nitrogen and oxygen atoms in total. The minimum Gasteiger partial charge on any atom is -0.382 e. The van der Waals surface area contributed by atoms with E-state index in [-0.39, 0.29) is 36.3 Å². The number of hydrogen-bond acceptors (Lipinski definition) is 4. The fourth-order valence-corrected chi connectivity index (χ4v) is 3.20. The minimum absolute atomic E-state index is 0. The molecule has 0 fully saturated rings. The highest BCUT2D eigenvalue weighted by atomic mass is 127. The van der Waals surface area contributed by atoms with Gasteiger partial charge in [-0.2, -0.15) is 0 Å². The standard InChI is InChI=1S/C18H30FN3O3S.HI/c1-4-20-18(21-10-6-7-11-25-5-2)22-13-16-12-17(19)9-8-15(16)14-26(3,23)24;/h8-9,12H,4-7,10-11,13-14H2,1-3H3,(H2,20,21,22);1H. The number of nitrogens with one attached hydrogen (secondary N) is 2. The molecule has 9 heteroatoms. The van der Waals surface area contributed by atoms with Gasteiger partial charge in [-0.25, -0.2) is 17.8 Å². The van der Waals surface area contributed by atoms with Crippen LogP contribution in [0.4, 0.5) is 4.39 Å². The summed E-state index contributed by atoms with van der Waals surface area (Å²) in [6.07, 6.45) is 3.07. The quantitative estimate of drug-likeness (QED) is 0.205. The van der Waals surface area contributed by atoms with E-state index in [0.29, 0.717) is 23.6 Å². The molecule has 0 bridgehead atoms. The van der Waals surface area contributed by atoms with Gasteiger partial charge in [-0.05, 0) is 49.9 Å². The van der Waals surface area contributed by atoms with Crippen LogP contribution < -0.4 is 10.6 Å². The van der Waals surface area contributed by atoms with Crippen LogP contribution in [0.1, 0.15) is 37.8 Å². The van der Waals surface area contributed by atoms with Crippen LogP contribution in [0.15, 0.2) is 23.2 Å². The van der Waals surface area contributed by atoms with Gasteiger partial charge in [-0.15, -0.1) is 24.0 Å². The number of hydrogen-bond donors (Lipinski definition) is 2. The van der Waals surface area contributed by atoms with Gasteiger partial charge in [-0.3, -0.25) is 0 Å². The molecule has 1 aromatic rings. The Bertz CT molecular complexity index is 684. The Hall–Kier alpha value is -0.940. The van der Waals surface area contributed by atoms with Crippen molar-refractivity contribution in [1.29, 1.82) is 0 Å². The van der Waals surface area contributed by atoms with Crippen molar-refractivity contribution in [3.63, 3.8) is 0 Å². The number of sulfone groups is 1. The van der Waals surface area contributed by atoms with E-state index in [2.05, 4.69) is 15.6 Å². The summed E-state index contributed by atoms with van der Waals surface area (Å²) in [4.78, 5) is 4.45. The molecule has 0 radical (unpaired) electrons. The van der Waals surface area contributed by atoms with E-state index in [0.717, 1.165) is 38.9 Å². The fraction of sp³-hybridized carbons (Fsp3) is 0.611. The molecule has 0 saturated heterocycles. The maximum Gasteiger partial charge on any atom is 0.191 e. The molecule has 0 heterocycles. The van der Waals surface area contributed by atoms with E-state index in [1.807, 2.05) is 13.8 Å². The van der Waals surface area contributed by atoms with Crippen molar-refractivity contribution in [2.24, 2.45) is 4.99 Å². The molecule has 0 spiro atoms. The van der Waals surface area contributed by atoms with Crippen LogP contribution in [0.5, 0.6) is 0 Å². The van der Waals surface area contributed by atoms with E-state index in [1.54, 1.807) is 0 Å². The molecule has 0 amide bonds. The Labute approximate surface area is 179 Å². The lowest BCUT2D eigenvalue weighted by atomic mass is 10.1. The summed E-state index contributed by atoms with van der Waals surface area (Å²) in [7, 11) is -3.20. The maximum absolute atomic E-state index is 13.6. The first-order chi connectivity index (χ1) is 12.4. The van der Waals surface area contributed by atoms with Crippen LogP contribution in [0, 0.1) is 5.82 Å². The second-order valence-electron chi connectivity index (χ2n) is 6.01. The van der Waals surface area contributed by atoms with Crippen LogP contribution in [-0.2, 0) is 26.9 Å². The molecule has 156 valence electrons. The van der Waals surface area contributed by atoms with Gasteiger partial charge in [0, 0.05) is 32.6 Å². The molecule has 0 unspecified atom stereocenters. The van der Waals surface area contributed by atoms with E-state index < -0.39 is 15.7 Å². The number of halogens is 2. The highest BCUT2D eigenvalue weighted by molar-refractivity contribution is 14.0. The second kappa shape index (κ2) is 14.1. The van der Waals surface area contributed by atoms with Crippen molar-refractivity contribution in [2.45, 2.75) is 39.0 Å². The third kappa shape index (κ3) is 12.2. The highest BCUT2D eigenvalue weighted by Crippen LogP contribution is 2.15. The zero-order chi connectivity index (χ0) is 19.4. The molecule has 1 rings (SSSR count). The SMILES string of the molecule is CCNC(=NCc1cc(F)ccc1CS(C)(=O)=O)NCCCCOCC.I. The summed E-state index contributed by atoms with van der Waals surface area (Å²) >= 11 is 0. The fourth-order valence-electron chi connectivity index (χ4n) is 2.35. The number of unbranched alkanes of at least 4 members (excludes halogenated alkanes) is 1. The molecular weight excluding hydrogens is 484 g/mol. The zero-order valence-corrected chi connectivity index (χ0v) is 19.4. The smallest absolute Gasteiger partial charge is 0.191 e. The zero-order valence-electron chi connectivity index (χ0n) is 16.3. The third-order valence-electron chi connectivity index (χ3n) is 3.55. The lowest BCUT2D eigenvalue weighted by Gasteiger charge is -2.12. The number of guanidine groups is 1. The van der Waals surface area contributed by atoms with Gasteiger partial charge in [0.2, 0.25) is 0 Å². The summed E-state index contributed by atoms with van der Waals surface area (Å²) in [5, 5.41) is 6.35. The lowest BCUT2D eigenvalue weighted by Crippen LogP contribution is -2.37. The monoisotopic (exact) mass is 515 g/mol. The predicted molar refractivity (Wildman–Crippen MR) is 119 cm³/mol. The first-order valence-corrected chi connectivity index (χ1v) is 11.0. The molecule has 0 aromatic heterocycles. The highest BCUT2D eigenvalue weighted by Gasteiger charge is 2.10. The van der Waals surface area contributed by atoms with E-state index in [4.69, 9.17) is 4.74 Å². The first kappa shape index (κ1) is 26.1. The van der Waals surface area contributed by atoms with Crippen molar-refractivity contribution in [3.05, 3.63) is 35.1 Å². The normalized spacial score (nSPS) is 11.8. The molecule has 0 aliphatic heterocycles. The average Bonchev–Trinajstić information content (AvgIpc) is 2.56. The number of nitrogens with zero attached hydrogens (tertiary/aromatic N) is 1. The van der Waals surface area contributed by atoms with Crippen LogP contribution >= 0.6 is 24.0 Å². The molecule has 0 aliphatic rings. The summed E-state index contributed by atoms with van der Waals surface area (Å²) in [6.45, 7) is 7.05. The van der Waals surface area contributed by atoms with E-state index in [9.17, 15) is 12.8 Å². The number of aliphatic imine (C=N–C) groups is 1. The Morgan fingerprint density at radius 2 is 1.93 bits per heavy atom. The molecule has 27 heavy (non-hydrogen) atoms. The van der Waals surface area contributed by atoms with Crippen molar-refractivity contribution >= 4 is 39.8 Å². The number of ether oxygens (including phenoxy) is 1. The predicted octanol–water partition coefficient (Wildman–Crippen LogP) is 2.86. The van der Waals surface area contributed by atoms with Crippen molar-refractivity contribution in [3.8, 4) is 0 Å². The first-order valence-electron chi connectivity index (χ1n) is 8.90. The lowest BCUT2D eigenvalue weighted by molar-refractivity contribution is 0.143. The van der Waals surface area contributed by atoms with Gasteiger partial charge in [0.05, 0.1) is 12.3 Å². The van der Waals surface area contributed by atoms with Gasteiger partial charge < -0.3 is 15.4 Å². The third-order valence-corrected chi connectivity index (χ3v) is 4.39. The number of benzene rings is 1. The van der Waals surface area contributed by atoms with Crippen molar-refractivity contribution < 1.29 is 17.5 Å². The van der Waals surface area contributed by atoms with Crippen LogP contribution in [0.2, 0.25) is 0 Å². The molecule has 2 N–H and O–H groups in total. The second-order valence-corrected chi connectivity index (χ2v) is 8.15. The van der Waals surface area contributed by atoms with Gasteiger partial charge in [0.15, 0.2) is 15.8 Å². The van der Waals surface area contributed by atoms with Crippen molar-refractivity contribution in [1.82, 2.24) is 10.6 Å². The minimum atomic E-state index is -3.20. The van der Waals surface area contributed by atoms with Gasteiger partial charge in [0.25, 0.3) is 0 Å². The van der Waals surface area contributed by atoms with Crippen LogP contribution in [0.25, 0.3) is 0 Å². The Balaban J connectivity index is 0.00000676. The summed E-state index contributed by atoms with van der Waals surface area (Å²) < 4.78 is 42.0. The summed E-state index contributed by atoms with van der Waals surface area (Å²) in [6, 6.07) is 4.13. The molecule has 0 saturated carbocycles. The van der Waals surface area contributed by atoms with Crippen molar-refractivity contribution in [2.75, 3.05) is 32.6 Å². The average molecular weight is 515 g/mol. The largest absolute Gasteiger partial charge is 0.382 e. The summed E-state index contributed by atoms with van der Waals surface area (Å²) in [5.41, 5.74) is 1.15. The Kier molecular flexibility index (Phi) is 13.6. The Morgan fingerprint density at radius 1 is 1.19 bits per heavy atom. The molecule has 1 aromatic carbocycles. The van der Waals surface area contributed by atoms with Gasteiger partial charge in [-0.1, -0.05) is 6.07 Å². The number of rotatable bonds is 11. The molecule has 0 atom stereocenters. The molecular formula is C18H31FIN3O3S. The van der Waals surface area contributed by atoms with Gasteiger partial charge in [0.1, 0.15) is 5.82 Å².